The SMILES string of the molecule is COc1ccc2[nH]cc(C(=O)N3CCc4cc(OC)c(OC)cc4C3)c(=O)c2c1. The van der Waals surface area contributed by atoms with Crippen LogP contribution in [-0.4, -0.2) is 43.7 Å². The molecular weight excluding hydrogens is 372 g/mol. The summed E-state index contributed by atoms with van der Waals surface area (Å²) in [7, 11) is 4.72. The van der Waals surface area contributed by atoms with E-state index in [0.29, 0.717) is 47.7 Å². The first-order chi connectivity index (χ1) is 14.0. The Morgan fingerprint density at radius 3 is 2.41 bits per heavy atom. The molecule has 29 heavy (non-hydrogen) atoms. The molecule has 1 aromatic heterocycles. The van der Waals surface area contributed by atoms with Gasteiger partial charge in [-0.2, -0.15) is 0 Å². The first kappa shape index (κ1) is 18.9. The maximum atomic E-state index is 13.1. The lowest BCUT2D eigenvalue weighted by Crippen LogP contribution is -2.38. The number of aromatic nitrogens is 1. The van der Waals surface area contributed by atoms with Crippen molar-refractivity contribution in [1.82, 2.24) is 9.88 Å². The number of hydrogen-bond acceptors (Lipinski definition) is 5. The summed E-state index contributed by atoms with van der Waals surface area (Å²) in [6.45, 7) is 0.932. The second-order valence-corrected chi connectivity index (χ2v) is 6.90. The van der Waals surface area contributed by atoms with E-state index in [1.807, 2.05) is 12.1 Å². The summed E-state index contributed by atoms with van der Waals surface area (Å²) in [5, 5.41) is 0.430. The molecule has 2 heterocycles. The molecule has 3 aromatic rings. The van der Waals surface area contributed by atoms with Gasteiger partial charge in [0.05, 0.1) is 21.3 Å². The number of ether oxygens (including phenoxy) is 3. The predicted molar refractivity (Wildman–Crippen MR) is 109 cm³/mol. The van der Waals surface area contributed by atoms with Crippen LogP contribution < -0.4 is 19.6 Å². The van der Waals surface area contributed by atoms with E-state index < -0.39 is 0 Å². The Morgan fingerprint density at radius 2 is 1.72 bits per heavy atom. The van der Waals surface area contributed by atoms with Crippen LogP contribution in [0.1, 0.15) is 21.5 Å². The molecule has 0 bridgehead atoms. The third-order valence-electron chi connectivity index (χ3n) is 5.32. The van der Waals surface area contributed by atoms with Crippen molar-refractivity contribution in [3.63, 3.8) is 0 Å². The Kier molecular flexibility index (Phi) is 4.88. The maximum absolute atomic E-state index is 13.1. The molecule has 0 radical (unpaired) electrons. The molecule has 150 valence electrons. The van der Waals surface area contributed by atoms with Crippen molar-refractivity contribution in [2.75, 3.05) is 27.9 Å². The average molecular weight is 394 g/mol. The van der Waals surface area contributed by atoms with Crippen molar-refractivity contribution in [2.45, 2.75) is 13.0 Å². The summed E-state index contributed by atoms with van der Waals surface area (Å²) in [5.41, 5.74) is 2.58. The minimum atomic E-state index is -0.305. The Bertz CT molecular complexity index is 1150. The summed E-state index contributed by atoms with van der Waals surface area (Å²) in [6.07, 6.45) is 2.17. The van der Waals surface area contributed by atoms with Crippen LogP contribution in [0, 0.1) is 0 Å². The average Bonchev–Trinajstić information content (AvgIpc) is 2.77. The van der Waals surface area contributed by atoms with E-state index in [0.717, 1.165) is 11.1 Å². The summed E-state index contributed by atoms with van der Waals surface area (Å²) in [4.78, 5) is 30.8. The number of pyridine rings is 1. The molecule has 7 heteroatoms. The molecule has 4 rings (SSSR count). The van der Waals surface area contributed by atoms with Crippen molar-refractivity contribution in [3.05, 3.63) is 63.4 Å². The molecular formula is C22H22N2O5. The van der Waals surface area contributed by atoms with Gasteiger partial charge in [0.25, 0.3) is 5.91 Å². The molecule has 1 N–H and O–H groups in total. The number of nitrogens with zero attached hydrogens (tertiary/aromatic N) is 1. The van der Waals surface area contributed by atoms with Gasteiger partial charge >= 0.3 is 0 Å². The van der Waals surface area contributed by atoms with E-state index in [2.05, 4.69) is 4.98 Å². The van der Waals surface area contributed by atoms with E-state index in [-0.39, 0.29) is 16.9 Å². The van der Waals surface area contributed by atoms with Gasteiger partial charge in [0.2, 0.25) is 5.43 Å². The predicted octanol–water partition coefficient (Wildman–Crippen LogP) is 2.75. The monoisotopic (exact) mass is 394 g/mol. The minimum Gasteiger partial charge on any atom is -0.497 e. The van der Waals surface area contributed by atoms with Crippen LogP contribution in [0.25, 0.3) is 10.9 Å². The number of carbonyl (C=O) groups is 1. The van der Waals surface area contributed by atoms with Gasteiger partial charge in [-0.25, -0.2) is 0 Å². The smallest absolute Gasteiger partial charge is 0.259 e. The van der Waals surface area contributed by atoms with Gasteiger partial charge in [0.1, 0.15) is 11.3 Å². The zero-order valence-electron chi connectivity index (χ0n) is 16.6. The van der Waals surface area contributed by atoms with Gasteiger partial charge in [-0.3, -0.25) is 9.59 Å². The zero-order valence-corrected chi connectivity index (χ0v) is 16.6. The summed E-state index contributed by atoms with van der Waals surface area (Å²) >= 11 is 0. The molecule has 0 fully saturated rings. The van der Waals surface area contributed by atoms with Crippen LogP contribution in [0.2, 0.25) is 0 Å². The maximum Gasteiger partial charge on any atom is 0.259 e. The van der Waals surface area contributed by atoms with E-state index in [1.54, 1.807) is 44.4 Å². The fourth-order valence-electron chi connectivity index (χ4n) is 3.71. The number of nitrogens with one attached hydrogen (secondary N) is 1. The lowest BCUT2D eigenvalue weighted by atomic mass is 9.98. The van der Waals surface area contributed by atoms with Crippen LogP contribution >= 0.6 is 0 Å². The van der Waals surface area contributed by atoms with E-state index in [9.17, 15) is 9.59 Å². The third kappa shape index (κ3) is 3.29. The topological polar surface area (TPSA) is 80.9 Å². The summed E-state index contributed by atoms with van der Waals surface area (Å²) in [5.74, 6) is 1.57. The van der Waals surface area contributed by atoms with E-state index >= 15 is 0 Å². The largest absolute Gasteiger partial charge is 0.497 e. The molecule has 7 nitrogen and oxygen atoms in total. The third-order valence-corrected chi connectivity index (χ3v) is 5.32. The van der Waals surface area contributed by atoms with Gasteiger partial charge in [-0.1, -0.05) is 0 Å². The number of aromatic amines is 1. The first-order valence-electron chi connectivity index (χ1n) is 9.28. The highest BCUT2D eigenvalue weighted by molar-refractivity contribution is 5.97. The number of hydrogen-bond donors (Lipinski definition) is 1. The Hall–Kier alpha value is -3.48. The van der Waals surface area contributed by atoms with E-state index in [1.165, 1.54) is 6.20 Å². The van der Waals surface area contributed by atoms with Gasteiger partial charge in [0, 0.05) is 30.2 Å². The highest BCUT2D eigenvalue weighted by Crippen LogP contribution is 2.33. The Labute approximate surface area is 167 Å². The fourth-order valence-corrected chi connectivity index (χ4v) is 3.71. The molecule has 0 atom stereocenters. The molecule has 2 aromatic carbocycles. The first-order valence-corrected chi connectivity index (χ1v) is 9.28. The van der Waals surface area contributed by atoms with Crippen molar-refractivity contribution in [2.24, 2.45) is 0 Å². The van der Waals surface area contributed by atoms with Crippen molar-refractivity contribution in [3.8, 4) is 17.2 Å². The molecule has 1 aliphatic heterocycles. The van der Waals surface area contributed by atoms with Gasteiger partial charge in [-0.05, 0) is 47.9 Å². The van der Waals surface area contributed by atoms with Crippen LogP contribution in [0.15, 0.2) is 41.3 Å². The molecule has 0 aliphatic carbocycles. The standard InChI is InChI=1S/C22H22N2O5/c1-27-15-4-5-18-16(10-15)21(25)17(11-23-18)22(26)24-7-6-13-8-19(28-2)20(29-3)9-14(13)12-24/h4-5,8-11H,6-7,12H2,1-3H3,(H,23,25). The molecule has 1 amide bonds. The van der Waals surface area contributed by atoms with Crippen LogP contribution in [-0.2, 0) is 13.0 Å². The van der Waals surface area contributed by atoms with Crippen molar-refractivity contribution in [1.29, 1.82) is 0 Å². The van der Waals surface area contributed by atoms with Crippen LogP contribution in [0.5, 0.6) is 17.2 Å². The number of H-pyrrole nitrogens is 1. The number of fused-ring (bicyclic) bond motifs is 2. The number of benzene rings is 2. The normalized spacial score (nSPS) is 13.1. The highest BCUT2D eigenvalue weighted by atomic mass is 16.5. The number of methoxy groups -OCH3 is 3. The van der Waals surface area contributed by atoms with Gasteiger partial charge in [-0.15, -0.1) is 0 Å². The second-order valence-electron chi connectivity index (χ2n) is 6.90. The molecule has 0 saturated heterocycles. The number of rotatable bonds is 4. The molecule has 1 aliphatic rings. The van der Waals surface area contributed by atoms with Crippen LogP contribution in [0.3, 0.4) is 0 Å². The van der Waals surface area contributed by atoms with Crippen molar-refractivity contribution < 1.29 is 19.0 Å². The lowest BCUT2D eigenvalue weighted by Gasteiger charge is -2.29. The minimum absolute atomic E-state index is 0.120. The number of carbonyl (C=O) groups excluding carboxylic acids is 1. The van der Waals surface area contributed by atoms with Crippen molar-refractivity contribution >= 4 is 16.8 Å². The summed E-state index contributed by atoms with van der Waals surface area (Å²) < 4.78 is 15.9. The highest BCUT2D eigenvalue weighted by Gasteiger charge is 2.25. The van der Waals surface area contributed by atoms with Gasteiger partial charge in [0.15, 0.2) is 11.5 Å². The molecule has 0 unspecified atom stereocenters. The molecule has 0 saturated carbocycles. The zero-order chi connectivity index (χ0) is 20.5. The Morgan fingerprint density at radius 1 is 1.00 bits per heavy atom. The quantitative estimate of drug-likeness (QED) is 0.736. The van der Waals surface area contributed by atoms with Gasteiger partial charge < -0.3 is 24.1 Å². The summed E-state index contributed by atoms with van der Waals surface area (Å²) in [6, 6.07) is 9.02. The second kappa shape index (κ2) is 7.50. The van der Waals surface area contributed by atoms with E-state index in [4.69, 9.17) is 14.2 Å². The molecule has 0 spiro atoms. The fraction of sp³-hybridized carbons (Fsp3) is 0.273. The Balaban J connectivity index is 1.67. The number of amides is 1. The lowest BCUT2D eigenvalue weighted by molar-refractivity contribution is 0.0733. The van der Waals surface area contributed by atoms with Crippen LogP contribution in [0.4, 0.5) is 0 Å².